The van der Waals surface area contributed by atoms with Gasteiger partial charge in [-0.3, -0.25) is 9.48 Å². The molecule has 1 aromatic rings. The van der Waals surface area contributed by atoms with Crippen LogP contribution in [0.5, 0.6) is 0 Å². The first-order valence-electron chi connectivity index (χ1n) is 6.80. The summed E-state index contributed by atoms with van der Waals surface area (Å²) in [6.07, 6.45) is 1.38. The number of nitrogens with one attached hydrogen (secondary N) is 2. The predicted octanol–water partition coefficient (Wildman–Crippen LogP) is 1.45. The second-order valence-electron chi connectivity index (χ2n) is 4.95. The molecule has 1 heterocycles. The lowest BCUT2D eigenvalue weighted by Crippen LogP contribution is -2.26. The Balaban J connectivity index is 2.52. The fourth-order valence-electron chi connectivity index (χ4n) is 1.84. The zero-order valence-corrected chi connectivity index (χ0v) is 12.3. The van der Waals surface area contributed by atoms with Crippen LogP contribution in [0.2, 0.25) is 0 Å². The normalized spacial score (nSPS) is 10.8. The highest BCUT2D eigenvalue weighted by atomic mass is 16.1. The summed E-state index contributed by atoms with van der Waals surface area (Å²) in [5.74, 6) is 1.13. The van der Waals surface area contributed by atoms with Gasteiger partial charge >= 0.3 is 0 Å². The van der Waals surface area contributed by atoms with Crippen molar-refractivity contribution in [1.82, 2.24) is 15.1 Å². The molecule has 0 saturated carbocycles. The molecule has 6 nitrogen and oxygen atoms in total. The van der Waals surface area contributed by atoms with E-state index in [2.05, 4.69) is 29.6 Å². The monoisotopic (exact) mass is 267 g/mol. The molecule has 0 unspecified atom stereocenters. The van der Waals surface area contributed by atoms with Gasteiger partial charge in [-0.25, -0.2) is 0 Å². The van der Waals surface area contributed by atoms with E-state index >= 15 is 0 Å². The second kappa shape index (κ2) is 7.01. The topological polar surface area (TPSA) is 85.0 Å². The number of carbonyl (C=O) groups excluding carboxylic acids is 1. The quantitative estimate of drug-likeness (QED) is 0.698. The third kappa shape index (κ3) is 4.15. The summed E-state index contributed by atoms with van der Waals surface area (Å²) < 4.78 is 1.73. The van der Waals surface area contributed by atoms with E-state index in [-0.39, 0.29) is 11.8 Å². The third-order valence-corrected chi connectivity index (χ3v) is 2.88. The van der Waals surface area contributed by atoms with E-state index in [1.165, 1.54) is 0 Å². The Hall–Kier alpha value is -1.72. The standard InChI is InChI=1S/C13H25N5O/c1-5-7-15-10(19)6-8-16-13-11(14)12(9(2)3)17-18(13)4/h9,16H,5-8,14H2,1-4H3,(H,15,19). The molecule has 0 bridgehead atoms. The number of hydrogen-bond donors (Lipinski definition) is 3. The van der Waals surface area contributed by atoms with Crippen LogP contribution in [-0.4, -0.2) is 28.8 Å². The Morgan fingerprint density at radius 3 is 2.63 bits per heavy atom. The predicted molar refractivity (Wildman–Crippen MR) is 78.1 cm³/mol. The average molecular weight is 267 g/mol. The molecule has 0 aliphatic heterocycles. The van der Waals surface area contributed by atoms with Crippen molar-refractivity contribution >= 4 is 17.4 Å². The van der Waals surface area contributed by atoms with Gasteiger partial charge < -0.3 is 16.4 Å². The van der Waals surface area contributed by atoms with Crippen molar-refractivity contribution in [3.05, 3.63) is 5.69 Å². The summed E-state index contributed by atoms with van der Waals surface area (Å²) in [6, 6.07) is 0. The van der Waals surface area contributed by atoms with Gasteiger partial charge in [0.05, 0.1) is 11.4 Å². The first-order valence-corrected chi connectivity index (χ1v) is 6.80. The molecule has 6 heteroatoms. The zero-order valence-electron chi connectivity index (χ0n) is 12.3. The average Bonchev–Trinajstić information content (AvgIpc) is 2.64. The number of nitrogens with two attached hydrogens (primary N) is 1. The van der Waals surface area contributed by atoms with Gasteiger partial charge in [-0.05, 0) is 12.3 Å². The molecule has 0 saturated heterocycles. The third-order valence-electron chi connectivity index (χ3n) is 2.88. The van der Waals surface area contributed by atoms with Crippen LogP contribution in [0.1, 0.15) is 45.2 Å². The van der Waals surface area contributed by atoms with E-state index in [1.54, 1.807) is 4.68 Å². The van der Waals surface area contributed by atoms with Crippen molar-refractivity contribution in [1.29, 1.82) is 0 Å². The molecule has 0 radical (unpaired) electrons. The second-order valence-corrected chi connectivity index (χ2v) is 4.95. The molecular formula is C13H25N5O. The number of aromatic nitrogens is 2. The number of rotatable bonds is 7. The molecule has 0 spiro atoms. The van der Waals surface area contributed by atoms with Crippen molar-refractivity contribution in [2.24, 2.45) is 7.05 Å². The summed E-state index contributed by atoms with van der Waals surface area (Å²) in [7, 11) is 1.85. The van der Waals surface area contributed by atoms with Crippen LogP contribution < -0.4 is 16.4 Å². The molecule has 1 amide bonds. The Morgan fingerprint density at radius 1 is 1.42 bits per heavy atom. The summed E-state index contributed by atoms with van der Waals surface area (Å²) in [6.45, 7) is 7.42. The van der Waals surface area contributed by atoms with Crippen LogP contribution in [0.3, 0.4) is 0 Å². The van der Waals surface area contributed by atoms with Gasteiger partial charge in [0.15, 0.2) is 0 Å². The molecule has 1 rings (SSSR count). The van der Waals surface area contributed by atoms with E-state index in [0.29, 0.717) is 18.7 Å². The number of carbonyl (C=O) groups is 1. The van der Waals surface area contributed by atoms with Gasteiger partial charge in [0.2, 0.25) is 5.91 Å². The summed E-state index contributed by atoms with van der Waals surface area (Å²) in [5.41, 5.74) is 7.62. The number of nitrogens with zero attached hydrogens (tertiary/aromatic N) is 2. The largest absolute Gasteiger partial charge is 0.394 e. The fourth-order valence-corrected chi connectivity index (χ4v) is 1.84. The molecule has 19 heavy (non-hydrogen) atoms. The lowest BCUT2D eigenvalue weighted by Gasteiger charge is -2.08. The number of aryl methyl sites for hydroxylation is 1. The van der Waals surface area contributed by atoms with Crippen LogP contribution in [0.4, 0.5) is 11.5 Å². The number of anilines is 2. The first-order chi connectivity index (χ1) is 8.97. The maximum Gasteiger partial charge on any atom is 0.221 e. The van der Waals surface area contributed by atoms with Gasteiger partial charge in [-0.2, -0.15) is 5.10 Å². The summed E-state index contributed by atoms with van der Waals surface area (Å²) in [4.78, 5) is 11.5. The number of amides is 1. The minimum atomic E-state index is 0.0548. The number of nitrogen functional groups attached to an aromatic ring is 1. The minimum Gasteiger partial charge on any atom is -0.394 e. The number of hydrogen-bond acceptors (Lipinski definition) is 4. The Morgan fingerprint density at radius 2 is 2.11 bits per heavy atom. The van der Waals surface area contributed by atoms with Crippen LogP contribution in [0.15, 0.2) is 0 Å². The van der Waals surface area contributed by atoms with Crippen molar-refractivity contribution in [3.8, 4) is 0 Å². The van der Waals surface area contributed by atoms with E-state index in [9.17, 15) is 4.79 Å². The van der Waals surface area contributed by atoms with Crippen LogP contribution >= 0.6 is 0 Å². The van der Waals surface area contributed by atoms with Crippen molar-refractivity contribution in [2.75, 3.05) is 24.1 Å². The molecule has 4 N–H and O–H groups in total. The van der Waals surface area contributed by atoms with E-state index in [1.807, 2.05) is 14.0 Å². The van der Waals surface area contributed by atoms with Gasteiger partial charge in [-0.1, -0.05) is 20.8 Å². The maximum atomic E-state index is 11.5. The highest BCUT2D eigenvalue weighted by molar-refractivity contribution is 5.76. The van der Waals surface area contributed by atoms with Gasteiger partial charge in [-0.15, -0.1) is 0 Å². The van der Waals surface area contributed by atoms with Gasteiger partial charge in [0.25, 0.3) is 0 Å². The summed E-state index contributed by atoms with van der Waals surface area (Å²) in [5, 5.41) is 10.4. The van der Waals surface area contributed by atoms with Crippen molar-refractivity contribution in [2.45, 2.75) is 39.5 Å². The van der Waals surface area contributed by atoms with E-state index in [0.717, 1.165) is 24.5 Å². The molecule has 1 aromatic heterocycles. The van der Waals surface area contributed by atoms with Crippen LogP contribution in [0.25, 0.3) is 0 Å². The van der Waals surface area contributed by atoms with Gasteiger partial charge in [0, 0.05) is 26.6 Å². The van der Waals surface area contributed by atoms with Crippen molar-refractivity contribution < 1.29 is 4.79 Å². The maximum absolute atomic E-state index is 11.5. The Bertz CT molecular complexity index is 425. The smallest absolute Gasteiger partial charge is 0.221 e. The Kier molecular flexibility index (Phi) is 5.66. The lowest BCUT2D eigenvalue weighted by molar-refractivity contribution is -0.120. The lowest BCUT2D eigenvalue weighted by atomic mass is 10.1. The Labute approximate surface area is 114 Å². The zero-order chi connectivity index (χ0) is 14.4. The highest BCUT2D eigenvalue weighted by Gasteiger charge is 2.15. The summed E-state index contributed by atoms with van der Waals surface area (Å²) >= 11 is 0. The molecule has 0 aliphatic rings. The highest BCUT2D eigenvalue weighted by Crippen LogP contribution is 2.27. The first kappa shape index (κ1) is 15.3. The molecule has 0 fully saturated rings. The fraction of sp³-hybridized carbons (Fsp3) is 0.692. The molecule has 0 aliphatic carbocycles. The SMILES string of the molecule is CCCNC(=O)CCNc1c(N)c(C(C)C)nn1C. The molecule has 0 atom stereocenters. The van der Waals surface area contributed by atoms with E-state index < -0.39 is 0 Å². The molecular weight excluding hydrogens is 242 g/mol. The van der Waals surface area contributed by atoms with Crippen LogP contribution in [-0.2, 0) is 11.8 Å². The minimum absolute atomic E-state index is 0.0548. The van der Waals surface area contributed by atoms with Gasteiger partial charge in [0.1, 0.15) is 5.82 Å². The van der Waals surface area contributed by atoms with E-state index in [4.69, 9.17) is 5.73 Å². The van der Waals surface area contributed by atoms with Crippen LogP contribution in [0, 0.1) is 0 Å². The molecule has 0 aromatic carbocycles. The molecule has 108 valence electrons. The van der Waals surface area contributed by atoms with Crippen molar-refractivity contribution in [3.63, 3.8) is 0 Å².